The monoisotopic (exact) mass is 188 g/mol. The first-order valence-electron chi connectivity index (χ1n) is 4.73. The molecule has 4 nitrogen and oxygen atoms in total. The molecule has 0 aromatic heterocycles. The molecule has 0 aromatic rings. The van der Waals surface area contributed by atoms with E-state index in [1.807, 2.05) is 0 Å². The van der Waals surface area contributed by atoms with Crippen molar-refractivity contribution in [1.29, 1.82) is 0 Å². The maximum absolute atomic E-state index is 5.71. The smallest absolute Gasteiger partial charge is 0.0607 e. The Hall–Kier alpha value is -0.160. The van der Waals surface area contributed by atoms with E-state index < -0.39 is 0 Å². The molecule has 0 aliphatic heterocycles. The first-order chi connectivity index (χ1) is 6.26. The molecule has 1 fully saturated rings. The summed E-state index contributed by atoms with van der Waals surface area (Å²) in [6.07, 6.45) is 2.42. The van der Waals surface area contributed by atoms with Crippen molar-refractivity contribution < 1.29 is 9.47 Å². The van der Waals surface area contributed by atoms with Crippen LogP contribution in [0.1, 0.15) is 12.8 Å². The van der Waals surface area contributed by atoms with E-state index in [0.717, 1.165) is 26.0 Å². The number of nitrogens with two attached hydrogens (primary N) is 1. The third-order valence-electron chi connectivity index (χ3n) is 2.77. The van der Waals surface area contributed by atoms with Gasteiger partial charge in [0, 0.05) is 32.8 Å². The van der Waals surface area contributed by atoms with Crippen LogP contribution in [0, 0.1) is 0 Å². The molecular formula is C9H20N2O2. The number of ether oxygens (including phenoxy) is 2. The minimum absolute atomic E-state index is 0.110. The highest BCUT2D eigenvalue weighted by Crippen LogP contribution is 2.33. The summed E-state index contributed by atoms with van der Waals surface area (Å²) in [5.41, 5.74) is 5.82. The van der Waals surface area contributed by atoms with Crippen molar-refractivity contribution in [2.45, 2.75) is 24.5 Å². The molecular weight excluding hydrogens is 168 g/mol. The van der Waals surface area contributed by atoms with Crippen molar-refractivity contribution in [3.05, 3.63) is 0 Å². The molecule has 1 aliphatic rings. The number of methoxy groups -OCH3 is 2. The van der Waals surface area contributed by atoms with Gasteiger partial charge in [-0.3, -0.25) is 0 Å². The molecule has 0 bridgehead atoms. The Balaban J connectivity index is 2.20. The standard InChI is InChI=1S/C9H20N2O2/c1-12-4-3-11-9(7-10)5-8(6-9)13-2/h8,11H,3-7,10H2,1-2H3. The molecule has 0 spiro atoms. The van der Waals surface area contributed by atoms with Crippen molar-refractivity contribution in [1.82, 2.24) is 5.32 Å². The summed E-state index contributed by atoms with van der Waals surface area (Å²) in [7, 11) is 3.45. The lowest BCUT2D eigenvalue weighted by atomic mass is 9.74. The lowest BCUT2D eigenvalue weighted by molar-refractivity contribution is -0.0282. The van der Waals surface area contributed by atoms with Crippen LogP contribution in [-0.4, -0.2) is 45.6 Å². The van der Waals surface area contributed by atoms with Crippen molar-refractivity contribution >= 4 is 0 Å². The quantitative estimate of drug-likeness (QED) is 0.563. The van der Waals surface area contributed by atoms with Crippen molar-refractivity contribution in [3.63, 3.8) is 0 Å². The first kappa shape index (κ1) is 10.9. The lowest BCUT2D eigenvalue weighted by Gasteiger charge is -2.47. The molecule has 13 heavy (non-hydrogen) atoms. The van der Waals surface area contributed by atoms with Crippen LogP contribution in [0.15, 0.2) is 0 Å². The van der Waals surface area contributed by atoms with Gasteiger partial charge >= 0.3 is 0 Å². The zero-order chi connectivity index (χ0) is 9.73. The second kappa shape index (κ2) is 4.91. The largest absolute Gasteiger partial charge is 0.383 e. The topological polar surface area (TPSA) is 56.5 Å². The highest BCUT2D eigenvalue weighted by molar-refractivity contribution is 5.02. The van der Waals surface area contributed by atoms with Gasteiger partial charge in [-0.1, -0.05) is 0 Å². The van der Waals surface area contributed by atoms with Gasteiger partial charge in [0.1, 0.15) is 0 Å². The van der Waals surface area contributed by atoms with Gasteiger partial charge in [-0.05, 0) is 12.8 Å². The Morgan fingerprint density at radius 2 is 2.15 bits per heavy atom. The first-order valence-corrected chi connectivity index (χ1v) is 4.73. The van der Waals surface area contributed by atoms with Crippen LogP contribution >= 0.6 is 0 Å². The van der Waals surface area contributed by atoms with Crippen LogP contribution in [0.2, 0.25) is 0 Å². The molecule has 0 amide bonds. The fourth-order valence-corrected chi connectivity index (χ4v) is 1.78. The average molecular weight is 188 g/mol. The highest BCUT2D eigenvalue weighted by atomic mass is 16.5. The number of hydrogen-bond donors (Lipinski definition) is 2. The Morgan fingerprint density at radius 1 is 1.46 bits per heavy atom. The molecule has 1 aliphatic carbocycles. The van der Waals surface area contributed by atoms with Crippen LogP contribution in [0.3, 0.4) is 0 Å². The maximum atomic E-state index is 5.71. The van der Waals surface area contributed by atoms with Crippen molar-refractivity contribution in [2.75, 3.05) is 33.9 Å². The van der Waals surface area contributed by atoms with E-state index in [1.54, 1.807) is 14.2 Å². The van der Waals surface area contributed by atoms with Crippen LogP contribution in [0.4, 0.5) is 0 Å². The fourth-order valence-electron chi connectivity index (χ4n) is 1.78. The summed E-state index contributed by atoms with van der Waals surface area (Å²) in [5.74, 6) is 0. The van der Waals surface area contributed by atoms with Gasteiger partial charge in [0.05, 0.1) is 12.7 Å². The summed E-state index contributed by atoms with van der Waals surface area (Å²) in [6, 6.07) is 0. The molecule has 0 saturated heterocycles. The average Bonchev–Trinajstić information content (AvgIpc) is 2.09. The van der Waals surface area contributed by atoms with Crippen LogP contribution in [-0.2, 0) is 9.47 Å². The molecule has 0 unspecified atom stereocenters. The zero-order valence-electron chi connectivity index (χ0n) is 8.51. The van der Waals surface area contributed by atoms with Crippen LogP contribution < -0.4 is 11.1 Å². The molecule has 0 aromatic carbocycles. The molecule has 78 valence electrons. The second-order valence-corrected chi connectivity index (χ2v) is 3.67. The lowest BCUT2D eigenvalue weighted by Crippen LogP contribution is -2.62. The van der Waals surface area contributed by atoms with Crippen molar-refractivity contribution in [3.8, 4) is 0 Å². The summed E-state index contributed by atoms with van der Waals surface area (Å²) >= 11 is 0. The van der Waals surface area contributed by atoms with E-state index in [2.05, 4.69) is 5.32 Å². The summed E-state index contributed by atoms with van der Waals surface area (Å²) in [5, 5.41) is 3.42. The molecule has 0 radical (unpaired) electrons. The second-order valence-electron chi connectivity index (χ2n) is 3.67. The minimum Gasteiger partial charge on any atom is -0.383 e. The van der Waals surface area contributed by atoms with Gasteiger partial charge in [0.25, 0.3) is 0 Å². The van der Waals surface area contributed by atoms with E-state index in [9.17, 15) is 0 Å². The third-order valence-corrected chi connectivity index (χ3v) is 2.77. The summed E-state index contributed by atoms with van der Waals surface area (Å²) < 4.78 is 10.2. The Labute approximate surface area is 79.8 Å². The van der Waals surface area contributed by atoms with Crippen LogP contribution in [0.25, 0.3) is 0 Å². The Kier molecular flexibility index (Phi) is 4.12. The third kappa shape index (κ3) is 2.64. The van der Waals surface area contributed by atoms with E-state index in [0.29, 0.717) is 12.6 Å². The molecule has 4 heteroatoms. The van der Waals surface area contributed by atoms with E-state index in [1.165, 1.54) is 0 Å². The maximum Gasteiger partial charge on any atom is 0.0607 e. The Bertz CT molecular complexity index is 147. The number of hydrogen-bond acceptors (Lipinski definition) is 4. The van der Waals surface area contributed by atoms with Gasteiger partial charge in [-0.15, -0.1) is 0 Å². The van der Waals surface area contributed by atoms with Crippen LogP contribution in [0.5, 0.6) is 0 Å². The summed E-state index contributed by atoms with van der Waals surface area (Å²) in [4.78, 5) is 0. The summed E-state index contributed by atoms with van der Waals surface area (Å²) in [6.45, 7) is 2.28. The van der Waals surface area contributed by atoms with E-state index >= 15 is 0 Å². The normalized spacial score (nSPS) is 33.0. The van der Waals surface area contributed by atoms with Gasteiger partial charge < -0.3 is 20.5 Å². The highest BCUT2D eigenvalue weighted by Gasteiger charge is 2.42. The number of nitrogens with one attached hydrogen (secondary N) is 1. The number of rotatable bonds is 6. The van der Waals surface area contributed by atoms with E-state index in [-0.39, 0.29) is 5.54 Å². The molecule has 0 atom stereocenters. The molecule has 0 heterocycles. The minimum atomic E-state index is 0.110. The van der Waals surface area contributed by atoms with Gasteiger partial charge in [0.2, 0.25) is 0 Å². The van der Waals surface area contributed by atoms with Gasteiger partial charge in [0.15, 0.2) is 0 Å². The Morgan fingerprint density at radius 3 is 2.62 bits per heavy atom. The molecule has 3 N–H and O–H groups in total. The van der Waals surface area contributed by atoms with Gasteiger partial charge in [-0.2, -0.15) is 0 Å². The fraction of sp³-hybridized carbons (Fsp3) is 1.00. The molecule has 1 rings (SSSR count). The van der Waals surface area contributed by atoms with Gasteiger partial charge in [-0.25, -0.2) is 0 Å². The van der Waals surface area contributed by atoms with E-state index in [4.69, 9.17) is 15.2 Å². The predicted molar refractivity (Wildman–Crippen MR) is 51.7 cm³/mol. The predicted octanol–water partition coefficient (Wildman–Crippen LogP) is -0.271. The SMILES string of the molecule is COCCNC1(CN)CC(OC)C1. The molecule has 1 saturated carbocycles. The zero-order valence-corrected chi connectivity index (χ0v) is 8.51. The van der Waals surface area contributed by atoms with Crippen molar-refractivity contribution in [2.24, 2.45) is 5.73 Å².